The Kier molecular flexibility index (Phi) is 39.2. The second kappa shape index (κ2) is 46.8. The van der Waals surface area contributed by atoms with Crippen LogP contribution in [0.1, 0.15) is 144 Å². The number of primary amides is 2. The summed E-state index contributed by atoms with van der Waals surface area (Å²) in [4.78, 5) is 204. The molecule has 0 saturated carbocycles. The Hall–Kier alpha value is -10.4. The van der Waals surface area contributed by atoms with E-state index < -0.39 is 174 Å². The van der Waals surface area contributed by atoms with Gasteiger partial charge in [0, 0.05) is 59.3 Å². The number of para-hydroxylation sites is 2. The van der Waals surface area contributed by atoms with Crippen LogP contribution in [0.25, 0.3) is 21.8 Å². The molecule has 2 aromatic heterocycles. The number of nitrogens with zero attached hydrogens (tertiary/aromatic N) is 1. The van der Waals surface area contributed by atoms with Crippen molar-refractivity contribution in [3.63, 3.8) is 0 Å². The number of aliphatic imine (C=N–C) groups is 1. The third-order valence-electron chi connectivity index (χ3n) is 18.2. The molecule has 0 spiro atoms. The standard InChI is InChI=1S/C73H116N22O14S/c1-9-40(6)60(95-63(100)47(76)21-18-28-81-73(79)80)72(109)84-36-59(97)87-54(31-43-34-82-48-22-12-10-19-45(43)48)68(105)94-57(37-110)71(108)86-42(8)62(99)90-55(32-44-35-83-49-23-13-11-20-46(44)49)69(106)92-53(30-39(4)5)67(104)91-52(29-38(2)3)66(103)89-51(25-15-17-27-75)65(102)93-56(33-58(77)96)70(107)88-50(24-14-16-26-74)64(101)85-41(7)61(78)98/h10-13,19-20,22-23,34-35,38-42,47,50-57,60,82-83,110H,9,14-18,21,24-33,36-37,74-76H2,1-8H3,(H2,77,96)(H2,78,98)(H,84,109)(H,85,101)(H,86,108)(H,87,97)(H,88,107)(H,89,103)(H,90,99)(H,91,104)(H,92,106)(H,93,102)(H,94,105)(H,95,100)(H4,79,80,81)/t40-,41-,42-,47-,50-,51-,52-,53-,54-,55-,56-,57-,60-/m0/s1. The van der Waals surface area contributed by atoms with Gasteiger partial charge in [-0.25, -0.2) is 0 Å². The molecule has 110 heavy (non-hydrogen) atoms. The van der Waals surface area contributed by atoms with E-state index in [2.05, 4.69) is 91.4 Å². The fourth-order valence-electron chi connectivity index (χ4n) is 11.8. The van der Waals surface area contributed by atoms with Crippen molar-refractivity contribution in [2.24, 2.45) is 62.9 Å². The predicted octanol–water partition coefficient (Wildman–Crippen LogP) is -3.01. The zero-order chi connectivity index (χ0) is 81.9. The van der Waals surface area contributed by atoms with E-state index in [1.807, 2.05) is 13.0 Å². The Morgan fingerprint density at radius 1 is 0.455 bits per heavy atom. The molecule has 0 saturated heterocycles. The van der Waals surface area contributed by atoms with E-state index in [-0.39, 0.29) is 94.5 Å². The highest BCUT2D eigenvalue weighted by Gasteiger charge is 2.37. The normalized spacial score (nSPS) is 14.9. The lowest BCUT2D eigenvalue weighted by atomic mass is 9.97. The number of aromatic amines is 2. The van der Waals surface area contributed by atoms with Crippen molar-refractivity contribution in [2.75, 3.05) is 31.9 Å². The molecule has 0 aliphatic rings. The lowest BCUT2D eigenvalue weighted by Gasteiger charge is -2.29. The molecule has 0 unspecified atom stereocenters. The van der Waals surface area contributed by atoms with Crippen LogP contribution in [0.5, 0.6) is 0 Å². The number of aromatic nitrogens is 2. The van der Waals surface area contributed by atoms with Crippen LogP contribution in [-0.4, -0.2) is 203 Å². The average molecular weight is 1560 g/mol. The molecule has 0 aliphatic heterocycles. The van der Waals surface area contributed by atoms with Gasteiger partial charge in [0.25, 0.3) is 0 Å². The van der Waals surface area contributed by atoms with Crippen molar-refractivity contribution in [1.82, 2.24) is 73.8 Å². The molecule has 0 bridgehead atoms. The zero-order valence-electron chi connectivity index (χ0n) is 64.0. The number of benzene rings is 2. The Morgan fingerprint density at radius 3 is 1.34 bits per heavy atom. The number of amides is 14. The first-order valence-electron chi connectivity index (χ1n) is 37.2. The van der Waals surface area contributed by atoms with Gasteiger partial charge in [-0.1, -0.05) is 84.4 Å². The molecule has 2 aromatic carbocycles. The number of unbranched alkanes of at least 4 members (excludes halogenated alkanes) is 2. The number of nitrogens with one attached hydrogen (secondary N) is 14. The van der Waals surface area contributed by atoms with E-state index in [9.17, 15) is 67.1 Å². The second-order valence-corrected chi connectivity index (χ2v) is 28.7. The first kappa shape index (κ1) is 92.0. The van der Waals surface area contributed by atoms with Crippen LogP contribution in [0.2, 0.25) is 0 Å². The van der Waals surface area contributed by atoms with E-state index in [0.29, 0.717) is 54.1 Å². The molecule has 608 valence electrons. The topological polar surface area (TPSA) is 609 Å². The lowest BCUT2D eigenvalue weighted by Crippen LogP contribution is -2.61. The summed E-state index contributed by atoms with van der Waals surface area (Å²) < 4.78 is 0. The molecule has 14 amide bonds. The highest BCUT2D eigenvalue weighted by Crippen LogP contribution is 2.22. The van der Waals surface area contributed by atoms with Crippen LogP contribution >= 0.6 is 12.6 Å². The fraction of sp³-hybridized carbons (Fsp3) is 0.575. The number of carbonyl (C=O) groups is 14. The van der Waals surface area contributed by atoms with Crippen LogP contribution in [-0.2, 0) is 80.0 Å². The van der Waals surface area contributed by atoms with Gasteiger partial charge in [0.1, 0.15) is 66.5 Å². The SMILES string of the molecule is CC[C@H](C)[C@H](NC(=O)[C@@H](N)CCCN=C(N)N)C(=O)NCC(=O)N[C@@H](Cc1c[nH]c2ccccc12)C(=O)N[C@@H](CS)C(=O)N[C@@H](C)C(=O)N[C@@H](Cc1c[nH]c2ccccc12)C(=O)N[C@@H](CC(C)C)C(=O)N[C@@H](CC(C)C)C(=O)N[C@@H](CCCCN)C(=O)N[C@@H](CC(N)=O)C(=O)N[C@@H](CCCCN)C(=O)N[C@@H](C)C(N)=O. The van der Waals surface area contributed by atoms with Crippen molar-refractivity contribution in [3.05, 3.63) is 72.1 Å². The van der Waals surface area contributed by atoms with Crippen LogP contribution < -0.4 is 104 Å². The molecular weight excluding hydrogens is 1440 g/mol. The van der Waals surface area contributed by atoms with Crippen molar-refractivity contribution in [1.29, 1.82) is 0 Å². The summed E-state index contributed by atoms with van der Waals surface area (Å²) in [6.07, 6.45) is 4.82. The third-order valence-corrected chi connectivity index (χ3v) is 18.6. The highest BCUT2D eigenvalue weighted by atomic mass is 32.1. The Morgan fingerprint density at radius 2 is 0.873 bits per heavy atom. The number of fused-ring (bicyclic) bond motifs is 2. The molecule has 28 N–H and O–H groups in total. The highest BCUT2D eigenvalue weighted by molar-refractivity contribution is 7.80. The smallest absolute Gasteiger partial charge is 0.244 e. The lowest BCUT2D eigenvalue weighted by molar-refractivity contribution is -0.136. The van der Waals surface area contributed by atoms with Gasteiger partial charge in [-0.05, 0) is 132 Å². The third kappa shape index (κ3) is 30.9. The number of guanidine groups is 1. The zero-order valence-corrected chi connectivity index (χ0v) is 64.9. The molecule has 0 aliphatic carbocycles. The Balaban J connectivity index is 1.57. The Labute approximate surface area is 645 Å². The van der Waals surface area contributed by atoms with Crippen molar-refractivity contribution >= 4 is 123 Å². The van der Waals surface area contributed by atoms with Gasteiger partial charge in [-0.2, -0.15) is 12.6 Å². The van der Waals surface area contributed by atoms with Crippen LogP contribution in [0, 0.1) is 17.8 Å². The quantitative estimate of drug-likeness (QED) is 0.00906. The van der Waals surface area contributed by atoms with Gasteiger partial charge >= 0.3 is 0 Å². The van der Waals surface area contributed by atoms with Crippen LogP contribution in [0.4, 0.5) is 0 Å². The van der Waals surface area contributed by atoms with E-state index in [0.717, 1.165) is 10.9 Å². The minimum Gasteiger partial charge on any atom is -0.370 e. The van der Waals surface area contributed by atoms with Crippen molar-refractivity contribution in [2.45, 2.75) is 218 Å². The first-order valence-corrected chi connectivity index (χ1v) is 37.8. The van der Waals surface area contributed by atoms with E-state index in [1.54, 1.807) is 89.5 Å². The Bertz CT molecular complexity index is 3810. The maximum atomic E-state index is 14.9. The molecule has 13 atom stereocenters. The summed E-state index contributed by atoms with van der Waals surface area (Å²) in [5.74, 6) is -13.2. The molecule has 0 fully saturated rings. The predicted molar refractivity (Wildman–Crippen MR) is 419 cm³/mol. The molecule has 0 radical (unpaired) electrons. The van der Waals surface area contributed by atoms with Crippen LogP contribution in [0.3, 0.4) is 0 Å². The fourth-order valence-corrected chi connectivity index (χ4v) is 12.1. The van der Waals surface area contributed by atoms with Crippen LogP contribution in [0.15, 0.2) is 65.9 Å². The second-order valence-electron chi connectivity index (χ2n) is 28.4. The number of hydrogen-bond donors (Lipinski definition) is 22. The average Bonchev–Trinajstić information content (AvgIpc) is 1.68. The molecular formula is C73H116N22O14S. The van der Waals surface area contributed by atoms with E-state index >= 15 is 0 Å². The van der Waals surface area contributed by atoms with Gasteiger partial charge < -0.3 is 114 Å². The van der Waals surface area contributed by atoms with E-state index in [4.69, 9.17) is 40.1 Å². The molecule has 36 nitrogen and oxygen atoms in total. The number of rotatable bonds is 50. The maximum absolute atomic E-state index is 14.9. The molecule has 4 rings (SSSR count). The number of hydrogen-bond acceptors (Lipinski definition) is 19. The minimum atomic E-state index is -1.68. The monoisotopic (exact) mass is 1560 g/mol. The maximum Gasteiger partial charge on any atom is 0.244 e. The van der Waals surface area contributed by atoms with Gasteiger partial charge in [-0.3, -0.25) is 72.1 Å². The summed E-state index contributed by atoms with van der Waals surface area (Å²) in [6, 6.07) is -1.62. The summed E-state index contributed by atoms with van der Waals surface area (Å²) in [7, 11) is 0. The number of nitrogens with two attached hydrogens (primary N) is 7. The van der Waals surface area contributed by atoms with Gasteiger partial charge in [-0.15, -0.1) is 0 Å². The first-order chi connectivity index (χ1) is 52.1. The van der Waals surface area contributed by atoms with Crippen molar-refractivity contribution in [3.8, 4) is 0 Å². The van der Waals surface area contributed by atoms with Gasteiger partial charge in [0.05, 0.1) is 19.0 Å². The molecule has 37 heteroatoms. The van der Waals surface area contributed by atoms with E-state index in [1.165, 1.54) is 13.8 Å². The van der Waals surface area contributed by atoms with Crippen molar-refractivity contribution < 1.29 is 67.1 Å². The largest absolute Gasteiger partial charge is 0.370 e. The van der Waals surface area contributed by atoms with Gasteiger partial charge in [0.15, 0.2) is 5.96 Å². The van der Waals surface area contributed by atoms with Gasteiger partial charge in [0.2, 0.25) is 82.7 Å². The summed E-state index contributed by atoms with van der Waals surface area (Å²) in [5.41, 5.74) is 41.9. The summed E-state index contributed by atoms with van der Waals surface area (Å²) in [5, 5.41) is 32.9. The summed E-state index contributed by atoms with van der Waals surface area (Å²) >= 11 is 4.38. The number of H-pyrrole nitrogens is 2. The number of carbonyl (C=O) groups excluding carboxylic acids is 14. The minimum absolute atomic E-state index is 0.00200. The molecule has 4 aromatic rings. The number of thiol groups is 1. The molecule has 2 heterocycles. The summed E-state index contributed by atoms with van der Waals surface area (Å²) in [6.45, 7) is 13.4.